The van der Waals surface area contributed by atoms with E-state index < -0.39 is 10.0 Å². The van der Waals surface area contributed by atoms with Crippen molar-refractivity contribution >= 4 is 43.0 Å². The van der Waals surface area contributed by atoms with E-state index in [1.165, 1.54) is 11.3 Å². The van der Waals surface area contributed by atoms with E-state index in [2.05, 4.69) is 20.7 Å². The highest BCUT2D eigenvalue weighted by Gasteiger charge is 2.23. The van der Waals surface area contributed by atoms with Gasteiger partial charge < -0.3 is 5.11 Å². The minimum atomic E-state index is -3.70. The van der Waals surface area contributed by atoms with Gasteiger partial charge in [0.25, 0.3) is 10.0 Å². The van der Waals surface area contributed by atoms with Crippen LogP contribution in [0.15, 0.2) is 39.0 Å². The van der Waals surface area contributed by atoms with Crippen LogP contribution in [-0.4, -0.2) is 13.5 Å². The number of hydrogen-bond donors (Lipinski definition) is 2. The maximum atomic E-state index is 12.4. The SMILES string of the molecule is Cc1csc(CO)c1S(=O)(=O)Nc1ccccc1Br. The third kappa shape index (κ3) is 3.00. The molecule has 102 valence electrons. The third-order valence-corrected chi connectivity index (χ3v) is 6.02. The summed E-state index contributed by atoms with van der Waals surface area (Å²) in [6.45, 7) is 1.43. The smallest absolute Gasteiger partial charge is 0.263 e. The molecule has 1 heterocycles. The molecule has 0 saturated carbocycles. The molecule has 1 aromatic heterocycles. The Hall–Kier alpha value is -0.890. The highest BCUT2D eigenvalue weighted by molar-refractivity contribution is 9.10. The molecule has 2 rings (SSSR count). The van der Waals surface area contributed by atoms with Crippen LogP contribution in [-0.2, 0) is 16.6 Å². The summed E-state index contributed by atoms with van der Waals surface area (Å²) in [6, 6.07) is 6.97. The summed E-state index contributed by atoms with van der Waals surface area (Å²) in [5.74, 6) is 0. The highest BCUT2D eigenvalue weighted by atomic mass is 79.9. The van der Waals surface area contributed by atoms with E-state index in [-0.39, 0.29) is 11.5 Å². The third-order valence-electron chi connectivity index (χ3n) is 2.52. The van der Waals surface area contributed by atoms with E-state index in [0.717, 1.165) is 0 Å². The van der Waals surface area contributed by atoms with Crippen LogP contribution in [0.1, 0.15) is 10.4 Å². The van der Waals surface area contributed by atoms with Crippen molar-refractivity contribution in [2.24, 2.45) is 0 Å². The van der Waals surface area contributed by atoms with Crippen LogP contribution in [0.3, 0.4) is 0 Å². The number of halogens is 1. The molecule has 2 N–H and O–H groups in total. The number of sulfonamides is 1. The summed E-state index contributed by atoms with van der Waals surface area (Å²) in [5, 5.41) is 10.9. The van der Waals surface area contributed by atoms with E-state index >= 15 is 0 Å². The second kappa shape index (κ2) is 5.62. The van der Waals surface area contributed by atoms with Crippen molar-refractivity contribution in [3.8, 4) is 0 Å². The molecule has 4 nitrogen and oxygen atoms in total. The summed E-state index contributed by atoms with van der Waals surface area (Å²) in [7, 11) is -3.70. The lowest BCUT2D eigenvalue weighted by atomic mass is 10.3. The molecule has 0 aliphatic heterocycles. The van der Waals surface area contributed by atoms with Crippen molar-refractivity contribution in [2.45, 2.75) is 18.4 Å². The topological polar surface area (TPSA) is 66.4 Å². The maximum absolute atomic E-state index is 12.4. The van der Waals surface area contributed by atoms with Gasteiger partial charge in [0.05, 0.1) is 17.2 Å². The number of nitrogens with one attached hydrogen (secondary N) is 1. The Balaban J connectivity index is 2.44. The average molecular weight is 362 g/mol. The first-order valence-corrected chi connectivity index (χ1v) is 8.56. The lowest BCUT2D eigenvalue weighted by Gasteiger charge is -2.10. The van der Waals surface area contributed by atoms with Crippen molar-refractivity contribution in [1.29, 1.82) is 0 Å². The minimum absolute atomic E-state index is 0.163. The van der Waals surface area contributed by atoms with Crippen molar-refractivity contribution in [3.63, 3.8) is 0 Å². The molecule has 0 fully saturated rings. The summed E-state index contributed by atoms with van der Waals surface area (Å²) in [5.41, 5.74) is 1.10. The van der Waals surface area contributed by atoms with Crippen molar-refractivity contribution < 1.29 is 13.5 Å². The van der Waals surface area contributed by atoms with E-state index in [0.29, 0.717) is 20.6 Å². The Morgan fingerprint density at radius 2 is 2.05 bits per heavy atom. The van der Waals surface area contributed by atoms with Crippen molar-refractivity contribution in [1.82, 2.24) is 0 Å². The lowest BCUT2D eigenvalue weighted by molar-refractivity contribution is 0.282. The van der Waals surface area contributed by atoms with Gasteiger partial charge in [-0.05, 0) is 45.9 Å². The molecule has 1 aromatic carbocycles. The molecular formula is C12H12BrNO3S2. The predicted octanol–water partition coefficient (Wildman–Crippen LogP) is 3.11. The fourth-order valence-corrected chi connectivity index (χ4v) is 4.96. The van der Waals surface area contributed by atoms with E-state index in [9.17, 15) is 13.5 Å². The first kappa shape index (κ1) is 14.5. The zero-order valence-corrected chi connectivity index (χ0v) is 13.3. The Bertz CT molecular complexity index is 695. The largest absolute Gasteiger partial charge is 0.391 e. The molecule has 0 spiro atoms. The molecule has 0 atom stereocenters. The second-order valence-corrected chi connectivity index (χ2v) is 7.35. The Morgan fingerprint density at radius 1 is 1.37 bits per heavy atom. The van der Waals surface area contributed by atoms with Crippen LogP contribution < -0.4 is 4.72 Å². The zero-order valence-electron chi connectivity index (χ0n) is 10.1. The molecular weight excluding hydrogens is 350 g/mol. The summed E-state index contributed by atoms with van der Waals surface area (Å²) in [4.78, 5) is 0.604. The monoisotopic (exact) mass is 361 g/mol. The number of aliphatic hydroxyl groups is 1. The molecule has 0 aliphatic carbocycles. The average Bonchev–Trinajstić information content (AvgIpc) is 2.74. The van der Waals surface area contributed by atoms with Crippen LogP contribution in [0.25, 0.3) is 0 Å². The van der Waals surface area contributed by atoms with Crippen LogP contribution in [0.2, 0.25) is 0 Å². The molecule has 0 unspecified atom stereocenters. The quantitative estimate of drug-likeness (QED) is 0.878. The molecule has 7 heteroatoms. The van der Waals surface area contributed by atoms with Crippen LogP contribution >= 0.6 is 27.3 Å². The number of hydrogen-bond acceptors (Lipinski definition) is 4. The van der Waals surface area contributed by atoms with Crippen LogP contribution in [0.5, 0.6) is 0 Å². The fraction of sp³-hybridized carbons (Fsp3) is 0.167. The molecule has 0 bridgehead atoms. The molecule has 19 heavy (non-hydrogen) atoms. The minimum Gasteiger partial charge on any atom is -0.391 e. The second-order valence-electron chi connectivity index (χ2n) is 3.91. The van der Waals surface area contributed by atoms with Crippen LogP contribution in [0.4, 0.5) is 5.69 Å². The van der Waals surface area contributed by atoms with E-state index in [1.807, 2.05) is 0 Å². The number of thiophene rings is 1. The molecule has 0 radical (unpaired) electrons. The standard InChI is InChI=1S/C12H12BrNO3S2/c1-8-7-18-11(6-15)12(8)19(16,17)14-10-5-3-2-4-9(10)13/h2-5,7,14-15H,6H2,1H3. The molecule has 0 amide bonds. The van der Waals surface area contributed by atoms with Gasteiger partial charge in [-0.2, -0.15) is 0 Å². The number of anilines is 1. The van der Waals surface area contributed by atoms with Gasteiger partial charge in [0, 0.05) is 4.47 Å². The normalized spacial score (nSPS) is 11.5. The van der Waals surface area contributed by atoms with Gasteiger partial charge in [-0.1, -0.05) is 12.1 Å². The van der Waals surface area contributed by atoms with Gasteiger partial charge in [0.15, 0.2) is 0 Å². The fourth-order valence-electron chi connectivity index (χ4n) is 1.70. The number of rotatable bonds is 4. The van der Waals surface area contributed by atoms with E-state index in [4.69, 9.17) is 0 Å². The first-order valence-electron chi connectivity index (χ1n) is 5.41. The lowest BCUT2D eigenvalue weighted by Crippen LogP contribution is -2.15. The van der Waals surface area contributed by atoms with Gasteiger partial charge in [-0.25, -0.2) is 8.42 Å². The number of benzene rings is 1. The maximum Gasteiger partial charge on any atom is 0.263 e. The number of aliphatic hydroxyl groups excluding tert-OH is 1. The number of para-hydroxylation sites is 1. The van der Waals surface area contributed by atoms with Gasteiger partial charge in [0.1, 0.15) is 4.90 Å². The van der Waals surface area contributed by atoms with E-state index in [1.54, 1.807) is 36.6 Å². The summed E-state index contributed by atoms with van der Waals surface area (Å²) >= 11 is 4.53. The number of aryl methyl sites for hydroxylation is 1. The Labute approximate surface area is 124 Å². The van der Waals surface area contributed by atoms with Gasteiger partial charge in [-0.15, -0.1) is 11.3 Å². The highest BCUT2D eigenvalue weighted by Crippen LogP contribution is 2.30. The Morgan fingerprint density at radius 3 is 2.68 bits per heavy atom. The molecule has 0 saturated heterocycles. The van der Waals surface area contributed by atoms with Gasteiger partial charge in [0.2, 0.25) is 0 Å². The predicted molar refractivity (Wildman–Crippen MR) is 79.9 cm³/mol. The van der Waals surface area contributed by atoms with Gasteiger partial charge >= 0.3 is 0 Å². The van der Waals surface area contributed by atoms with Gasteiger partial charge in [-0.3, -0.25) is 4.72 Å². The zero-order chi connectivity index (χ0) is 14.0. The van der Waals surface area contributed by atoms with Crippen molar-refractivity contribution in [2.75, 3.05) is 4.72 Å². The molecule has 0 aliphatic rings. The van der Waals surface area contributed by atoms with Crippen molar-refractivity contribution in [3.05, 3.63) is 44.6 Å². The van der Waals surface area contributed by atoms with Crippen LogP contribution in [0, 0.1) is 6.92 Å². The summed E-state index contributed by atoms with van der Waals surface area (Å²) < 4.78 is 27.9. The Kier molecular flexibility index (Phi) is 4.29. The summed E-state index contributed by atoms with van der Waals surface area (Å²) in [6.07, 6.45) is 0. The first-order chi connectivity index (χ1) is 8.95. The molecule has 2 aromatic rings.